The maximum Gasteiger partial charge on any atom is 0.254 e. The number of aryl methyl sites for hydroxylation is 1. The van der Waals surface area contributed by atoms with Gasteiger partial charge in [-0.05, 0) is 73.9 Å². The van der Waals surface area contributed by atoms with Crippen molar-refractivity contribution in [1.29, 1.82) is 5.26 Å². The predicted molar refractivity (Wildman–Crippen MR) is 141 cm³/mol. The lowest BCUT2D eigenvalue weighted by atomic mass is 10.1. The molecule has 1 saturated heterocycles. The quantitative estimate of drug-likeness (QED) is 0.451. The largest absolute Gasteiger partial charge is 0.494 e. The highest BCUT2D eigenvalue weighted by Gasteiger charge is 2.47. The van der Waals surface area contributed by atoms with Crippen molar-refractivity contribution in [1.82, 2.24) is 19.0 Å². The molecule has 2 N–H and O–H groups in total. The van der Waals surface area contributed by atoms with Crippen LogP contribution in [0.3, 0.4) is 0 Å². The molecule has 188 valence electrons. The molecule has 2 bridgehead atoms. The summed E-state index contributed by atoms with van der Waals surface area (Å²) in [7, 11) is 3.63. The maximum absolute atomic E-state index is 13.6. The second-order valence-corrected chi connectivity index (χ2v) is 10.9. The topological polar surface area (TPSA) is 102 Å². The molecular weight excluding hydrogens is 464 g/mol. The summed E-state index contributed by atoms with van der Waals surface area (Å²) in [6.07, 6.45) is 4.55. The predicted octanol–water partition coefficient (Wildman–Crippen LogP) is 4.05. The Balaban J connectivity index is 1.35. The second kappa shape index (κ2) is 8.09. The van der Waals surface area contributed by atoms with E-state index < -0.39 is 0 Å². The van der Waals surface area contributed by atoms with Gasteiger partial charge >= 0.3 is 0 Å². The molecule has 3 aliphatic rings. The van der Waals surface area contributed by atoms with Gasteiger partial charge < -0.3 is 24.5 Å². The Kier molecular flexibility index (Phi) is 4.89. The van der Waals surface area contributed by atoms with Crippen LogP contribution in [0.1, 0.15) is 41.6 Å². The van der Waals surface area contributed by atoms with Gasteiger partial charge in [-0.2, -0.15) is 5.26 Å². The number of carbonyl (C=O) groups excluding carboxylic acids is 1. The third-order valence-corrected chi connectivity index (χ3v) is 8.71. The number of imidazole rings is 1. The van der Waals surface area contributed by atoms with Crippen molar-refractivity contribution in [2.24, 2.45) is 24.6 Å². The number of rotatable bonds is 5. The number of methoxy groups -OCH3 is 1. The summed E-state index contributed by atoms with van der Waals surface area (Å²) in [6.45, 7) is 1.65. The van der Waals surface area contributed by atoms with Crippen LogP contribution in [0.5, 0.6) is 5.75 Å². The summed E-state index contributed by atoms with van der Waals surface area (Å²) in [4.78, 5) is 20.6. The Labute approximate surface area is 215 Å². The number of amides is 1. The standard InChI is InChI=1S/C29H30N6O2/c1-33-27-21(10-20(12-25(27)37-2)29(36)35-15-18-6-8-23(35)26(18)31)32-28(33)24-11-19-9-17(13-30)5-7-22(19)34(24)14-16-3-4-16/h5,7,9-12,16,18,23,26H,3-4,6,8,14-15,31H2,1-2H3/t18-,23?,26-/m1/s1. The number of ether oxygens (including phenoxy) is 1. The monoisotopic (exact) mass is 494 g/mol. The number of hydrogen-bond donors (Lipinski definition) is 1. The van der Waals surface area contributed by atoms with Gasteiger partial charge in [0.15, 0.2) is 5.82 Å². The molecule has 1 aliphatic heterocycles. The van der Waals surface area contributed by atoms with Crippen molar-refractivity contribution in [3.8, 4) is 23.3 Å². The van der Waals surface area contributed by atoms with Gasteiger partial charge in [-0.25, -0.2) is 4.98 Å². The second-order valence-electron chi connectivity index (χ2n) is 10.9. The molecule has 1 unspecified atom stereocenters. The number of nitriles is 1. The van der Waals surface area contributed by atoms with Crippen LogP contribution in [-0.2, 0) is 13.6 Å². The molecule has 0 radical (unpaired) electrons. The fourth-order valence-corrected chi connectivity index (χ4v) is 6.55. The summed E-state index contributed by atoms with van der Waals surface area (Å²) in [5.74, 6) is 2.52. The van der Waals surface area contributed by atoms with E-state index in [0.717, 1.165) is 59.4 Å². The zero-order valence-electron chi connectivity index (χ0n) is 21.1. The Morgan fingerprint density at radius 2 is 2.03 bits per heavy atom. The number of hydrogen-bond acceptors (Lipinski definition) is 5. The zero-order valence-corrected chi connectivity index (χ0v) is 21.1. The SMILES string of the molecule is COc1cc(C(=O)N2C[C@H]3CCC2[C@@H]3N)cc2nc(-c3cc4cc(C#N)ccc4n3CC3CC3)n(C)c12. The van der Waals surface area contributed by atoms with Gasteiger partial charge in [0.25, 0.3) is 5.91 Å². The number of nitrogens with zero attached hydrogens (tertiary/aromatic N) is 5. The van der Waals surface area contributed by atoms with Crippen LogP contribution >= 0.6 is 0 Å². The third kappa shape index (κ3) is 3.37. The fourth-order valence-electron chi connectivity index (χ4n) is 6.55. The summed E-state index contributed by atoms with van der Waals surface area (Å²) in [5, 5.41) is 10.4. The number of nitrogens with two attached hydrogens (primary N) is 1. The van der Waals surface area contributed by atoms with Crippen LogP contribution in [0, 0.1) is 23.2 Å². The number of likely N-dealkylation sites (tertiary alicyclic amines) is 1. The highest BCUT2D eigenvalue weighted by molar-refractivity contribution is 6.00. The van der Waals surface area contributed by atoms with Crippen LogP contribution in [-0.4, -0.2) is 50.7 Å². The molecule has 3 heterocycles. The first-order valence-corrected chi connectivity index (χ1v) is 13.1. The highest BCUT2D eigenvalue weighted by atomic mass is 16.5. The average molecular weight is 495 g/mol. The Morgan fingerprint density at radius 3 is 2.70 bits per heavy atom. The number of aromatic nitrogens is 3. The molecule has 37 heavy (non-hydrogen) atoms. The van der Waals surface area contributed by atoms with Gasteiger partial charge in [0.2, 0.25) is 0 Å². The molecule has 8 nitrogen and oxygen atoms in total. The van der Waals surface area contributed by atoms with Crippen molar-refractivity contribution < 1.29 is 9.53 Å². The minimum Gasteiger partial charge on any atom is -0.494 e. The molecule has 2 aliphatic carbocycles. The molecule has 0 spiro atoms. The average Bonchev–Trinajstić information content (AvgIpc) is 3.32. The van der Waals surface area contributed by atoms with Crippen molar-refractivity contribution in [2.75, 3.05) is 13.7 Å². The van der Waals surface area contributed by atoms with Gasteiger partial charge in [0.1, 0.15) is 11.3 Å². The molecule has 2 aromatic carbocycles. The Hall–Kier alpha value is -3.83. The lowest BCUT2D eigenvalue weighted by molar-refractivity contribution is 0.0700. The minimum absolute atomic E-state index is 0.00179. The van der Waals surface area contributed by atoms with Gasteiger partial charge in [0, 0.05) is 48.7 Å². The van der Waals surface area contributed by atoms with Gasteiger partial charge in [-0.1, -0.05) is 0 Å². The molecule has 1 amide bonds. The van der Waals surface area contributed by atoms with E-state index in [1.165, 1.54) is 12.8 Å². The molecule has 2 aromatic heterocycles. The molecule has 2 saturated carbocycles. The van der Waals surface area contributed by atoms with Crippen molar-refractivity contribution in [2.45, 2.75) is 44.3 Å². The van der Waals surface area contributed by atoms with Gasteiger partial charge in [-0.15, -0.1) is 0 Å². The van der Waals surface area contributed by atoms with E-state index in [2.05, 4.69) is 21.3 Å². The van der Waals surface area contributed by atoms with E-state index in [9.17, 15) is 10.1 Å². The molecule has 7 rings (SSSR count). The van der Waals surface area contributed by atoms with E-state index in [-0.39, 0.29) is 18.0 Å². The van der Waals surface area contributed by atoms with Gasteiger partial charge in [0.05, 0.1) is 30.0 Å². The molecule has 4 aromatic rings. The van der Waals surface area contributed by atoms with Crippen LogP contribution in [0.2, 0.25) is 0 Å². The van der Waals surface area contributed by atoms with Crippen LogP contribution in [0.25, 0.3) is 33.5 Å². The van der Waals surface area contributed by atoms with Crippen LogP contribution in [0.4, 0.5) is 0 Å². The van der Waals surface area contributed by atoms with Crippen molar-refractivity contribution in [3.63, 3.8) is 0 Å². The molecule has 8 heteroatoms. The van der Waals surface area contributed by atoms with Gasteiger partial charge in [-0.3, -0.25) is 4.79 Å². The zero-order chi connectivity index (χ0) is 25.4. The van der Waals surface area contributed by atoms with Crippen LogP contribution in [0.15, 0.2) is 36.4 Å². The maximum atomic E-state index is 13.6. The fraction of sp³-hybridized carbons (Fsp3) is 0.414. The summed E-state index contributed by atoms with van der Waals surface area (Å²) in [6, 6.07) is 14.2. The lowest BCUT2D eigenvalue weighted by Crippen LogP contribution is -2.41. The Bertz CT molecular complexity index is 1620. The normalized spacial score (nSPS) is 22.8. The summed E-state index contributed by atoms with van der Waals surface area (Å²) >= 11 is 0. The first-order valence-electron chi connectivity index (χ1n) is 13.1. The molecule has 3 atom stereocenters. The number of carbonyl (C=O) groups is 1. The lowest BCUT2D eigenvalue weighted by Gasteiger charge is -2.27. The van der Waals surface area contributed by atoms with E-state index in [1.807, 2.05) is 42.3 Å². The molecular formula is C29H30N6O2. The van der Waals surface area contributed by atoms with Crippen molar-refractivity contribution in [3.05, 3.63) is 47.5 Å². The summed E-state index contributed by atoms with van der Waals surface area (Å²) in [5.41, 5.74) is 11.3. The van der Waals surface area contributed by atoms with E-state index in [4.69, 9.17) is 15.5 Å². The van der Waals surface area contributed by atoms with Crippen molar-refractivity contribution >= 4 is 27.8 Å². The first-order chi connectivity index (χ1) is 18.0. The highest BCUT2D eigenvalue weighted by Crippen LogP contribution is 2.40. The first kappa shape index (κ1) is 22.4. The molecule has 3 fully saturated rings. The third-order valence-electron chi connectivity index (χ3n) is 8.71. The Morgan fingerprint density at radius 1 is 1.19 bits per heavy atom. The van der Waals surface area contributed by atoms with Crippen LogP contribution < -0.4 is 10.5 Å². The van der Waals surface area contributed by atoms with E-state index >= 15 is 0 Å². The number of benzene rings is 2. The number of piperidine rings is 1. The van der Waals surface area contributed by atoms with E-state index in [1.54, 1.807) is 7.11 Å². The summed E-state index contributed by atoms with van der Waals surface area (Å²) < 4.78 is 10.2. The number of fused-ring (bicyclic) bond motifs is 4. The minimum atomic E-state index is 0.00179. The van der Waals surface area contributed by atoms with E-state index in [0.29, 0.717) is 28.7 Å². The smallest absolute Gasteiger partial charge is 0.254 e.